The van der Waals surface area contributed by atoms with E-state index in [0.29, 0.717) is 54.1 Å². The summed E-state index contributed by atoms with van der Waals surface area (Å²) in [6.45, 7) is 4.56. The first kappa shape index (κ1) is 25.3. The predicted octanol–water partition coefficient (Wildman–Crippen LogP) is 5.44. The van der Waals surface area contributed by atoms with Gasteiger partial charge in [0.25, 0.3) is 0 Å². The van der Waals surface area contributed by atoms with Gasteiger partial charge in [0, 0.05) is 38.3 Å². The van der Waals surface area contributed by atoms with Crippen LogP contribution >= 0.6 is 0 Å². The van der Waals surface area contributed by atoms with Gasteiger partial charge in [0.2, 0.25) is 0 Å². The van der Waals surface area contributed by atoms with Crippen LogP contribution in [0.1, 0.15) is 17.5 Å². The van der Waals surface area contributed by atoms with Gasteiger partial charge in [-0.25, -0.2) is 9.79 Å². The van der Waals surface area contributed by atoms with Gasteiger partial charge in [-0.15, -0.1) is 0 Å². The summed E-state index contributed by atoms with van der Waals surface area (Å²) >= 11 is 0. The quantitative estimate of drug-likeness (QED) is 0.497. The van der Waals surface area contributed by atoms with E-state index in [1.54, 1.807) is 39.5 Å². The van der Waals surface area contributed by atoms with Crippen LogP contribution < -0.4 is 24.3 Å². The van der Waals surface area contributed by atoms with E-state index in [9.17, 15) is 4.79 Å². The summed E-state index contributed by atoms with van der Waals surface area (Å²) in [5.74, 6) is 4.14. The Morgan fingerprint density at radius 3 is 2.45 bits per heavy atom. The number of anilines is 1. The van der Waals surface area contributed by atoms with Gasteiger partial charge < -0.3 is 34.1 Å². The second kappa shape index (κ2) is 10.9. The van der Waals surface area contributed by atoms with Gasteiger partial charge in [-0.05, 0) is 55.3 Å². The lowest BCUT2D eigenvalue weighted by atomic mass is 10.1. The fraction of sp³-hybridized carbons (Fsp3) is 0.310. The SMILES string of the molecule is COc1ccc(NC(=O)N2CCCN(C3=Nc4ccc(C)cc4Oc4cc(OC)ccc43)CC2)c(OC)c1. The third kappa shape index (κ3) is 5.18. The second-order valence-electron chi connectivity index (χ2n) is 9.19. The summed E-state index contributed by atoms with van der Waals surface area (Å²) in [6.07, 6.45) is 0.791. The summed E-state index contributed by atoms with van der Waals surface area (Å²) in [7, 11) is 4.80. The molecule has 0 unspecified atom stereocenters. The third-order valence-corrected chi connectivity index (χ3v) is 6.72. The van der Waals surface area contributed by atoms with Crippen molar-refractivity contribution in [3.63, 3.8) is 0 Å². The molecule has 3 aromatic rings. The zero-order chi connectivity index (χ0) is 26.6. The van der Waals surface area contributed by atoms with Crippen LogP contribution in [0, 0.1) is 6.92 Å². The third-order valence-electron chi connectivity index (χ3n) is 6.72. The van der Waals surface area contributed by atoms with Gasteiger partial charge in [-0.3, -0.25) is 0 Å². The average molecular weight is 517 g/mol. The highest BCUT2D eigenvalue weighted by atomic mass is 16.5. The van der Waals surface area contributed by atoms with Crippen LogP contribution in [0.25, 0.3) is 0 Å². The molecule has 0 atom stereocenters. The Kier molecular flexibility index (Phi) is 7.26. The van der Waals surface area contributed by atoms with Crippen molar-refractivity contribution in [1.29, 1.82) is 0 Å². The predicted molar refractivity (Wildman–Crippen MR) is 147 cm³/mol. The summed E-state index contributed by atoms with van der Waals surface area (Å²) in [5, 5.41) is 2.99. The number of fused-ring (bicyclic) bond motifs is 2. The summed E-state index contributed by atoms with van der Waals surface area (Å²) in [5.41, 5.74) is 3.35. The number of hydrogen-bond donors (Lipinski definition) is 1. The van der Waals surface area contributed by atoms with Crippen molar-refractivity contribution in [3.8, 4) is 28.7 Å². The first-order chi connectivity index (χ1) is 18.5. The largest absolute Gasteiger partial charge is 0.497 e. The van der Waals surface area contributed by atoms with Crippen LogP contribution in [0.4, 0.5) is 16.2 Å². The molecular weight excluding hydrogens is 484 g/mol. The van der Waals surface area contributed by atoms with Gasteiger partial charge in [0.05, 0.1) is 32.6 Å². The number of nitrogens with one attached hydrogen (secondary N) is 1. The minimum Gasteiger partial charge on any atom is -0.497 e. The highest BCUT2D eigenvalue weighted by molar-refractivity contribution is 6.04. The van der Waals surface area contributed by atoms with E-state index < -0.39 is 0 Å². The first-order valence-corrected chi connectivity index (χ1v) is 12.6. The van der Waals surface area contributed by atoms with Gasteiger partial charge in [0.15, 0.2) is 5.75 Å². The zero-order valence-corrected chi connectivity index (χ0v) is 22.1. The van der Waals surface area contributed by atoms with Crippen LogP contribution in [0.2, 0.25) is 0 Å². The number of rotatable bonds is 4. The number of carbonyl (C=O) groups is 1. The number of nitrogens with zero attached hydrogens (tertiary/aromatic N) is 3. The molecule has 0 aliphatic carbocycles. The Morgan fingerprint density at radius 2 is 1.66 bits per heavy atom. The number of urea groups is 1. The van der Waals surface area contributed by atoms with Crippen LogP contribution in [-0.4, -0.2) is 69.2 Å². The Morgan fingerprint density at radius 1 is 0.868 bits per heavy atom. The standard InChI is InChI=1S/C29H32N4O5/c1-19-6-10-24-27(16-19)38-25-17-20(35-2)7-9-22(25)28(30-24)32-12-5-13-33(15-14-32)29(34)31-23-11-8-21(36-3)18-26(23)37-4/h6-11,16-18H,5,12-15H2,1-4H3,(H,31,34). The number of amidine groups is 1. The molecular formula is C29H32N4O5. The van der Waals surface area contributed by atoms with Crippen molar-refractivity contribution < 1.29 is 23.7 Å². The molecule has 2 heterocycles. The van der Waals surface area contributed by atoms with E-state index in [4.69, 9.17) is 23.9 Å². The number of ether oxygens (including phenoxy) is 4. The molecule has 1 N–H and O–H groups in total. The first-order valence-electron chi connectivity index (χ1n) is 12.6. The van der Waals surface area contributed by atoms with E-state index in [0.717, 1.165) is 35.6 Å². The van der Waals surface area contributed by atoms with Gasteiger partial charge in [0.1, 0.15) is 34.5 Å². The summed E-state index contributed by atoms with van der Waals surface area (Å²) in [6, 6.07) is 16.9. The van der Waals surface area contributed by atoms with E-state index >= 15 is 0 Å². The number of amides is 2. The van der Waals surface area contributed by atoms with Crippen LogP contribution in [0.15, 0.2) is 59.6 Å². The van der Waals surface area contributed by atoms with Gasteiger partial charge in [-0.1, -0.05) is 6.07 Å². The minimum absolute atomic E-state index is 0.174. The molecule has 2 aliphatic rings. The molecule has 5 rings (SSSR count). The lowest BCUT2D eigenvalue weighted by molar-refractivity contribution is 0.214. The van der Waals surface area contributed by atoms with Crippen LogP contribution in [0.5, 0.6) is 28.7 Å². The molecule has 1 fully saturated rings. The van der Waals surface area contributed by atoms with E-state index in [1.165, 1.54) is 0 Å². The number of methoxy groups -OCH3 is 3. The molecule has 0 radical (unpaired) electrons. The van der Waals surface area contributed by atoms with Crippen molar-refractivity contribution in [2.75, 3.05) is 52.8 Å². The lowest BCUT2D eigenvalue weighted by Gasteiger charge is -2.25. The molecule has 0 spiro atoms. The van der Waals surface area contributed by atoms with Crippen molar-refractivity contribution >= 4 is 23.2 Å². The Bertz CT molecular complexity index is 1370. The van der Waals surface area contributed by atoms with Gasteiger partial charge >= 0.3 is 6.03 Å². The Labute approximate surface area is 222 Å². The molecule has 2 aliphatic heterocycles. The maximum absolute atomic E-state index is 13.2. The molecule has 0 bridgehead atoms. The Balaban J connectivity index is 1.38. The van der Waals surface area contributed by atoms with Crippen molar-refractivity contribution in [1.82, 2.24) is 9.80 Å². The summed E-state index contributed by atoms with van der Waals surface area (Å²) < 4.78 is 22.5. The van der Waals surface area contributed by atoms with Crippen molar-refractivity contribution in [3.05, 3.63) is 65.7 Å². The number of aryl methyl sites for hydroxylation is 1. The smallest absolute Gasteiger partial charge is 0.322 e. The lowest BCUT2D eigenvalue weighted by Crippen LogP contribution is -2.39. The molecule has 0 aromatic heterocycles. The van der Waals surface area contributed by atoms with Crippen LogP contribution in [0.3, 0.4) is 0 Å². The van der Waals surface area contributed by atoms with Gasteiger partial charge in [-0.2, -0.15) is 0 Å². The van der Waals surface area contributed by atoms with E-state index in [1.807, 2.05) is 48.2 Å². The fourth-order valence-corrected chi connectivity index (χ4v) is 4.66. The second-order valence-corrected chi connectivity index (χ2v) is 9.19. The zero-order valence-electron chi connectivity index (χ0n) is 22.1. The molecule has 9 heteroatoms. The highest BCUT2D eigenvalue weighted by Crippen LogP contribution is 2.40. The summed E-state index contributed by atoms with van der Waals surface area (Å²) in [4.78, 5) is 22.3. The minimum atomic E-state index is -0.174. The topological polar surface area (TPSA) is 84.9 Å². The highest BCUT2D eigenvalue weighted by Gasteiger charge is 2.27. The molecule has 1 saturated heterocycles. The maximum Gasteiger partial charge on any atom is 0.322 e. The van der Waals surface area contributed by atoms with Crippen molar-refractivity contribution in [2.45, 2.75) is 13.3 Å². The molecule has 3 aromatic carbocycles. The van der Waals surface area contributed by atoms with Crippen molar-refractivity contribution in [2.24, 2.45) is 4.99 Å². The molecule has 0 saturated carbocycles. The van der Waals surface area contributed by atoms with E-state index in [2.05, 4.69) is 10.2 Å². The average Bonchev–Trinajstić information content (AvgIpc) is 3.27. The van der Waals surface area contributed by atoms with E-state index in [-0.39, 0.29) is 6.03 Å². The monoisotopic (exact) mass is 516 g/mol. The Hall–Kier alpha value is -4.40. The number of aliphatic imine (C=N–C) groups is 1. The van der Waals surface area contributed by atoms with Crippen LogP contribution in [-0.2, 0) is 0 Å². The fourth-order valence-electron chi connectivity index (χ4n) is 4.66. The molecule has 2 amide bonds. The normalized spacial score (nSPS) is 14.7. The molecule has 9 nitrogen and oxygen atoms in total. The maximum atomic E-state index is 13.2. The number of hydrogen-bond acceptors (Lipinski definition) is 7. The number of carbonyl (C=O) groups excluding carboxylic acids is 1. The molecule has 38 heavy (non-hydrogen) atoms. The molecule has 198 valence electrons. The number of benzene rings is 3.